The van der Waals surface area contributed by atoms with Crippen molar-refractivity contribution < 1.29 is 14.3 Å². The monoisotopic (exact) mass is 388 g/mol. The summed E-state index contributed by atoms with van der Waals surface area (Å²) in [4.78, 5) is 13.0. The third kappa shape index (κ3) is 3.38. The smallest absolute Gasteiger partial charge is 0.259 e. The molecule has 0 aliphatic heterocycles. The number of ether oxygens (including phenoxy) is 2. The fourth-order valence-corrected chi connectivity index (χ4v) is 3.23. The van der Waals surface area contributed by atoms with Crippen LogP contribution in [-0.4, -0.2) is 34.7 Å². The van der Waals surface area contributed by atoms with E-state index in [1.165, 1.54) is 0 Å². The van der Waals surface area contributed by atoms with Crippen molar-refractivity contribution in [2.24, 2.45) is 0 Å². The Bertz CT molecular complexity index is 1200. The lowest BCUT2D eigenvalue weighted by molar-refractivity contribution is 0.102. The Morgan fingerprint density at radius 3 is 2.55 bits per heavy atom. The highest BCUT2D eigenvalue weighted by Crippen LogP contribution is 2.32. The summed E-state index contributed by atoms with van der Waals surface area (Å²) in [5.41, 5.74) is 3.31. The minimum absolute atomic E-state index is 0.276. The first kappa shape index (κ1) is 18.5. The first-order valence-electron chi connectivity index (χ1n) is 9.06. The standard InChI is InChI=1S/C22H20N4O3/c1-14-7-6-8-15(13-14)23-22(27)17-11-12-19(29-3)26-20(24-25-21(17)26)16-9-4-5-10-18(16)28-2/h4-13H,1-3H3,(H,23,27). The van der Waals surface area contributed by atoms with Crippen LogP contribution in [0.3, 0.4) is 0 Å². The lowest BCUT2D eigenvalue weighted by Gasteiger charge is -2.11. The third-order valence-corrected chi connectivity index (χ3v) is 4.59. The normalized spacial score (nSPS) is 10.7. The van der Waals surface area contributed by atoms with Crippen LogP contribution in [0.15, 0.2) is 60.7 Å². The number of hydrogen-bond acceptors (Lipinski definition) is 5. The van der Waals surface area contributed by atoms with Crippen molar-refractivity contribution in [1.29, 1.82) is 0 Å². The molecule has 7 nitrogen and oxygen atoms in total. The van der Waals surface area contributed by atoms with Crippen LogP contribution in [0.4, 0.5) is 5.69 Å². The lowest BCUT2D eigenvalue weighted by Crippen LogP contribution is -2.14. The molecule has 1 N–H and O–H groups in total. The fourth-order valence-electron chi connectivity index (χ4n) is 3.23. The minimum Gasteiger partial charge on any atom is -0.496 e. The molecule has 0 radical (unpaired) electrons. The molecule has 0 atom stereocenters. The number of amides is 1. The van der Waals surface area contributed by atoms with E-state index in [0.29, 0.717) is 34.4 Å². The van der Waals surface area contributed by atoms with Crippen molar-refractivity contribution in [2.45, 2.75) is 6.92 Å². The zero-order valence-electron chi connectivity index (χ0n) is 16.3. The van der Waals surface area contributed by atoms with Crippen LogP contribution in [0.2, 0.25) is 0 Å². The number of nitrogens with zero attached hydrogens (tertiary/aromatic N) is 3. The summed E-state index contributed by atoms with van der Waals surface area (Å²) in [6.45, 7) is 1.97. The number of fused-ring (bicyclic) bond motifs is 1. The van der Waals surface area contributed by atoms with Crippen molar-refractivity contribution in [1.82, 2.24) is 14.6 Å². The number of aryl methyl sites for hydroxylation is 1. The van der Waals surface area contributed by atoms with Crippen LogP contribution < -0.4 is 14.8 Å². The van der Waals surface area contributed by atoms with Crippen LogP contribution in [0.25, 0.3) is 17.0 Å². The molecule has 4 rings (SSSR count). The van der Waals surface area contributed by atoms with Gasteiger partial charge in [-0.3, -0.25) is 4.79 Å². The van der Waals surface area contributed by atoms with Gasteiger partial charge in [0.05, 0.1) is 25.3 Å². The zero-order valence-corrected chi connectivity index (χ0v) is 16.3. The number of hydrogen-bond donors (Lipinski definition) is 1. The molecule has 0 spiro atoms. The Morgan fingerprint density at radius 2 is 1.79 bits per heavy atom. The van der Waals surface area contributed by atoms with Gasteiger partial charge in [-0.05, 0) is 48.9 Å². The van der Waals surface area contributed by atoms with Gasteiger partial charge in [-0.15, -0.1) is 10.2 Å². The molecule has 2 aromatic carbocycles. The molecule has 7 heteroatoms. The predicted molar refractivity (Wildman–Crippen MR) is 111 cm³/mol. The first-order valence-corrected chi connectivity index (χ1v) is 9.06. The van der Waals surface area contributed by atoms with Crippen molar-refractivity contribution in [3.63, 3.8) is 0 Å². The number of rotatable bonds is 5. The Labute approximate surface area is 167 Å². The summed E-state index contributed by atoms with van der Waals surface area (Å²) in [7, 11) is 3.16. The van der Waals surface area contributed by atoms with Gasteiger partial charge in [-0.25, -0.2) is 4.40 Å². The summed E-state index contributed by atoms with van der Waals surface area (Å²) in [6.07, 6.45) is 0. The second kappa shape index (κ2) is 7.63. The highest BCUT2D eigenvalue weighted by atomic mass is 16.5. The third-order valence-electron chi connectivity index (χ3n) is 4.59. The van der Waals surface area contributed by atoms with Gasteiger partial charge in [0.15, 0.2) is 11.5 Å². The molecule has 0 fully saturated rings. The van der Waals surface area contributed by atoms with Gasteiger partial charge < -0.3 is 14.8 Å². The van der Waals surface area contributed by atoms with Gasteiger partial charge in [0.2, 0.25) is 5.88 Å². The molecule has 1 amide bonds. The maximum atomic E-state index is 13.0. The van der Waals surface area contributed by atoms with E-state index in [2.05, 4.69) is 15.5 Å². The molecule has 2 aromatic heterocycles. The number of pyridine rings is 1. The van der Waals surface area contributed by atoms with Crippen molar-refractivity contribution in [2.75, 3.05) is 19.5 Å². The maximum absolute atomic E-state index is 13.0. The van der Waals surface area contributed by atoms with Crippen LogP contribution in [0, 0.1) is 6.92 Å². The van der Waals surface area contributed by atoms with Crippen LogP contribution in [0.5, 0.6) is 11.6 Å². The minimum atomic E-state index is -0.276. The molecule has 0 aliphatic rings. The van der Waals surface area contributed by atoms with Crippen LogP contribution in [0.1, 0.15) is 15.9 Å². The lowest BCUT2D eigenvalue weighted by atomic mass is 10.1. The van der Waals surface area contributed by atoms with Gasteiger partial charge >= 0.3 is 0 Å². The molecule has 2 heterocycles. The summed E-state index contributed by atoms with van der Waals surface area (Å²) >= 11 is 0. The molecule has 0 aliphatic carbocycles. The SMILES string of the molecule is COc1ccccc1-c1nnc2c(C(=O)Nc3cccc(C)c3)ccc(OC)n12. The molecule has 146 valence electrons. The quantitative estimate of drug-likeness (QED) is 0.560. The molecule has 4 aromatic rings. The Kier molecular flexibility index (Phi) is 4.87. The largest absolute Gasteiger partial charge is 0.496 e. The zero-order chi connectivity index (χ0) is 20.4. The molecule has 0 saturated carbocycles. The van der Waals surface area contributed by atoms with E-state index in [-0.39, 0.29) is 5.91 Å². The molecular weight excluding hydrogens is 368 g/mol. The summed E-state index contributed by atoms with van der Waals surface area (Å²) in [6, 6.07) is 18.5. The molecule has 0 bridgehead atoms. The van der Waals surface area contributed by atoms with E-state index < -0.39 is 0 Å². The van der Waals surface area contributed by atoms with E-state index in [0.717, 1.165) is 11.1 Å². The average Bonchev–Trinajstić information content (AvgIpc) is 3.18. The second-order valence-corrected chi connectivity index (χ2v) is 6.50. The highest BCUT2D eigenvalue weighted by molar-refractivity contribution is 6.08. The number of nitrogens with one attached hydrogen (secondary N) is 1. The molecular formula is C22H20N4O3. The van der Waals surface area contributed by atoms with E-state index in [4.69, 9.17) is 9.47 Å². The Balaban J connectivity index is 1.83. The van der Waals surface area contributed by atoms with Gasteiger partial charge in [-0.2, -0.15) is 0 Å². The average molecular weight is 388 g/mol. The molecule has 0 saturated heterocycles. The summed E-state index contributed by atoms with van der Waals surface area (Å²) < 4.78 is 12.7. The summed E-state index contributed by atoms with van der Waals surface area (Å²) in [5.74, 6) is 1.42. The number of anilines is 1. The number of carbonyl (C=O) groups excluding carboxylic acids is 1. The number of para-hydroxylation sites is 1. The highest BCUT2D eigenvalue weighted by Gasteiger charge is 2.21. The van der Waals surface area contributed by atoms with Crippen molar-refractivity contribution in [3.8, 4) is 23.0 Å². The Morgan fingerprint density at radius 1 is 0.966 bits per heavy atom. The van der Waals surface area contributed by atoms with Gasteiger partial charge in [0.1, 0.15) is 5.75 Å². The summed E-state index contributed by atoms with van der Waals surface area (Å²) in [5, 5.41) is 11.5. The van der Waals surface area contributed by atoms with E-state index >= 15 is 0 Å². The van der Waals surface area contributed by atoms with Crippen molar-refractivity contribution >= 4 is 17.2 Å². The maximum Gasteiger partial charge on any atom is 0.259 e. The number of aromatic nitrogens is 3. The van der Waals surface area contributed by atoms with Crippen LogP contribution >= 0.6 is 0 Å². The van der Waals surface area contributed by atoms with E-state index in [1.54, 1.807) is 30.8 Å². The Hall–Kier alpha value is -3.87. The fraction of sp³-hybridized carbons (Fsp3) is 0.136. The van der Waals surface area contributed by atoms with E-state index in [9.17, 15) is 4.79 Å². The molecule has 29 heavy (non-hydrogen) atoms. The van der Waals surface area contributed by atoms with E-state index in [1.807, 2.05) is 55.5 Å². The van der Waals surface area contributed by atoms with Gasteiger partial charge in [-0.1, -0.05) is 24.3 Å². The number of benzene rings is 2. The first-order chi connectivity index (χ1) is 14.1. The topological polar surface area (TPSA) is 77.8 Å². The number of carbonyl (C=O) groups is 1. The predicted octanol–water partition coefficient (Wildman–Crippen LogP) is 3.97. The molecule has 0 unspecified atom stereocenters. The number of methoxy groups -OCH3 is 2. The second-order valence-electron chi connectivity index (χ2n) is 6.50. The van der Waals surface area contributed by atoms with Crippen molar-refractivity contribution in [3.05, 3.63) is 71.8 Å². The van der Waals surface area contributed by atoms with Gasteiger partial charge in [0.25, 0.3) is 5.91 Å². The van der Waals surface area contributed by atoms with Crippen LogP contribution in [-0.2, 0) is 0 Å². The van der Waals surface area contributed by atoms with Gasteiger partial charge in [0, 0.05) is 5.69 Å².